The van der Waals surface area contributed by atoms with Gasteiger partial charge in [0.15, 0.2) is 5.13 Å². The average Bonchev–Trinajstić information content (AvgIpc) is 3.41. The molecule has 5 rings (SSSR count). The van der Waals surface area contributed by atoms with E-state index in [1.165, 1.54) is 16.9 Å². The first-order chi connectivity index (χ1) is 14.6. The van der Waals surface area contributed by atoms with Crippen LogP contribution in [0.25, 0.3) is 11.3 Å². The molecular weight excluding hydrogens is 394 g/mol. The highest BCUT2D eigenvalue weighted by Crippen LogP contribution is 2.39. The number of carbonyl (C=O) groups is 2. The van der Waals surface area contributed by atoms with Gasteiger partial charge in [0.25, 0.3) is 0 Å². The van der Waals surface area contributed by atoms with Crippen molar-refractivity contribution in [3.8, 4) is 11.3 Å². The van der Waals surface area contributed by atoms with Crippen molar-refractivity contribution in [2.75, 3.05) is 16.8 Å². The molecule has 1 aliphatic carbocycles. The predicted octanol–water partition coefficient (Wildman–Crippen LogP) is 4.60. The van der Waals surface area contributed by atoms with Crippen molar-refractivity contribution >= 4 is 34.0 Å². The first kappa shape index (κ1) is 19.0. The number of nitrogens with zero attached hydrogens (tertiary/aromatic N) is 2. The van der Waals surface area contributed by atoms with Crippen LogP contribution in [0.4, 0.5) is 10.8 Å². The third-order valence-corrected chi connectivity index (χ3v) is 6.58. The molecule has 1 aliphatic heterocycles. The lowest BCUT2D eigenvalue weighted by molar-refractivity contribution is -0.119. The van der Waals surface area contributed by atoms with E-state index in [0.717, 1.165) is 53.2 Å². The molecule has 1 N–H and O–H groups in total. The number of benzene rings is 2. The molecule has 30 heavy (non-hydrogen) atoms. The summed E-state index contributed by atoms with van der Waals surface area (Å²) in [6.45, 7) is 2.79. The fourth-order valence-corrected chi connectivity index (χ4v) is 4.84. The van der Waals surface area contributed by atoms with Gasteiger partial charge in [-0.3, -0.25) is 9.59 Å². The summed E-state index contributed by atoms with van der Waals surface area (Å²) >= 11 is 1.49. The van der Waals surface area contributed by atoms with Gasteiger partial charge in [-0.1, -0.05) is 36.4 Å². The number of rotatable bonds is 5. The zero-order valence-corrected chi connectivity index (χ0v) is 17.7. The number of hydrogen-bond acceptors (Lipinski definition) is 4. The Bertz CT molecular complexity index is 1120. The number of carbonyl (C=O) groups excluding carboxylic acids is 2. The maximum absolute atomic E-state index is 12.5. The van der Waals surface area contributed by atoms with Gasteiger partial charge in [-0.25, -0.2) is 4.98 Å². The van der Waals surface area contributed by atoms with Crippen LogP contribution in [0, 0.1) is 12.8 Å². The normalized spacial score (nSPS) is 15.2. The predicted molar refractivity (Wildman–Crippen MR) is 120 cm³/mol. The van der Waals surface area contributed by atoms with E-state index < -0.39 is 0 Å². The molecule has 2 amide bonds. The third-order valence-electron chi connectivity index (χ3n) is 5.69. The molecule has 3 aromatic rings. The molecule has 1 fully saturated rings. The summed E-state index contributed by atoms with van der Waals surface area (Å²) in [4.78, 5) is 32.6. The van der Waals surface area contributed by atoms with Crippen LogP contribution in [0.1, 0.15) is 28.8 Å². The Hall–Kier alpha value is -2.99. The van der Waals surface area contributed by atoms with E-state index in [-0.39, 0.29) is 17.7 Å². The number of aromatic nitrogens is 1. The van der Waals surface area contributed by atoms with Gasteiger partial charge in [-0.05, 0) is 49.4 Å². The lowest BCUT2D eigenvalue weighted by Gasteiger charge is -2.17. The Labute approximate surface area is 179 Å². The minimum absolute atomic E-state index is 0.0651. The summed E-state index contributed by atoms with van der Waals surface area (Å²) in [7, 11) is 0. The molecule has 1 saturated carbocycles. The highest BCUT2D eigenvalue weighted by atomic mass is 32.1. The molecular formula is C24H23N3O2S. The summed E-state index contributed by atoms with van der Waals surface area (Å²) in [5, 5.41) is 3.55. The summed E-state index contributed by atoms with van der Waals surface area (Å²) in [5.41, 5.74) is 5.15. The zero-order valence-electron chi connectivity index (χ0n) is 16.9. The SMILES string of the molecule is Cc1sc(NC(=O)Cc2ccccc2)nc1-c1ccc2c(c1)CCN2C(=O)C1CC1. The van der Waals surface area contributed by atoms with E-state index in [9.17, 15) is 9.59 Å². The van der Waals surface area contributed by atoms with Crippen LogP contribution in [0.5, 0.6) is 0 Å². The highest BCUT2D eigenvalue weighted by molar-refractivity contribution is 7.16. The Kier molecular flexibility index (Phi) is 4.87. The van der Waals surface area contributed by atoms with Gasteiger partial charge < -0.3 is 10.2 Å². The van der Waals surface area contributed by atoms with Crippen LogP contribution in [0.3, 0.4) is 0 Å². The van der Waals surface area contributed by atoms with Crippen LogP contribution in [-0.2, 0) is 22.4 Å². The first-order valence-corrected chi connectivity index (χ1v) is 11.2. The summed E-state index contributed by atoms with van der Waals surface area (Å²) < 4.78 is 0. The van der Waals surface area contributed by atoms with Crippen LogP contribution in [-0.4, -0.2) is 23.3 Å². The Morgan fingerprint density at radius 3 is 2.73 bits per heavy atom. The number of anilines is 2. The maximum Gasteiger partial charge on any atom is 0.230 e. The molecule has 152 valence electrons. The van der Waals surface area contributed by atoms with Gasteiger partial charge >= 0.3 is 0 Å². The Morgan fingerprint density at radius 2 is 1.97 bits per heavy atom. The van der Waals surface area contributed by atoms with Crippen LogP contribution in [0.2, 0.25) is 0 Å². The number of thiazole rings is 1. The molecule has 0 spiro atoms. The smallest absolute Gasteiger partial charge is 0.230 e. The van der Waals surface area contributed by atoms with Gasteiger partial charge in [-0.2, -0.15) is 0 Å². The largest absolute Gasteiger partial charge is 0.312 e. The summed E-state index contributed by atoms with van der Waals surface area (Å²) in [6, 6.07) is 15.9. The second kappa shape index (κ2) is 7.69. The topological polar surface area (TPSA) is 62.3 Å². The number of hydrogen-bond donors (Lipinski definition) is 1. The lowest BCUT2D eigenvalue weighted by Crippen LogP contribution is -2.30. The molecule has 1 aromatic heterocycles. The van der Waals surface area contributed by atoms with Gasteiger partial charge in [0.2, 0.25) is 11.8 Å². The Balaban J connectivity index is 1.32. The fraction of sp³-hybridized carbons (Fsp3) is 0.292. The molecule has 0 unspecified atom stereocenters. The minimum Gasteiger partial charge on any atom is -0.312 e. The number of aryl methyl sites for hydroxylation is 1. The molecule has 5 nitrogen and oxygen atoms in total. The van der Waals surface area contributed by atoms with Gasteiger partial charge in [0.1, 0.15) is 0 Å². The number of fused-ring (bicyclic) bond motifs is 1. The quantitative estimate of drug-likeness (QED) is 0.660. The van der Waals surface area contributed by atoms with Crippen LogP contribution in [0.15, 0.2) is 48.5 Å². The zero-order chi connectivity index (χ0) is 20.7. The number of amides is 2. The molecule has 0 radical (unpaired) electrons. The lowest BCUT2D eigenvalue weighted by atomic mass is 10.1. The Morgan fingerprint density at radius 1 is 1.17 bits per heavy atom. The standard InChI is InChI=1S/C24H23N3O2S/c1-15-22(26-24(30-15)25-21(28)13-16-5-3-2-4-6-16)19-9-10-20-18(14-19)11-12-27(20)23(29)17-7-8-17/h2-6,9-10,14,17H,7-8,11-13H2,1H3,(H,25,26,28). The van der Waals surface area contributed by atoms with Crippen molar-refractivity contribution in [3.05, 3.63) is 64.5 Å². The van der Waals surface area contributed by atoms with Crippen molar-refractivity contribution in [3.63, 3.8) is 0 Å². The van der Waals surface area contributed by atoms with Crippen LogP contribution >= 0.6 is 11.3 Å². The van der Waals surface area contributed by atoms with Crippen molar-refractivity contribution in [2.45, 2.75) is 32.6 Å². The van der Waals surface area contributed by atoms with E-state index in [1.54, 1.807) is 0 Å². The van der Waals surface area contributed by atoms with E-state index >= 15 is 0 Å². The van der Waals surface area contributed by atoms with E-state index in [1.807, 2.05) is 54.3 Å². The van der Waals surface area contributed by atoms with Gasteiger partial charge in [0, 0.05) is 28.6 Å². The van der Waals surface area contributed by atoms with Crippen LogP contribution < -0.4 is 10.2 Å². The molecule has 2 aliphatic rings. The second-order valence-corrected chi connectivity index (χ2v) is 9.20. The van der Waals surface area contributed by atoms with Gasteiger partial charge in [-0.15, -0.1) is 11.3 Å². The highest BCUT2D eigenvalue weighted by Gasteiger charge is 2.36. The molecule has 2 aromatic carbocycles. The molecule has 6 heteroatoms. The molecule has 0 saturated heterocycles. The first-order valence-electron chi connectivity index (χ1n) is 10.3. The summed E-state index contributed by atoms with van der Waals surface area (Å²) in [5.74, 6) is 0.443. The van der Waals surface area contributed by atoms with Crippen molar-refractivity contribution in [1.29, 1.82) is 0 Å². The van der Waals surface area contributed by atoms with Crippen molar-refractivity contribution < 1.29 is 9.59 Å². The molecule has 0 atom stereocenters. The average molecular weight is 418 g/mol. The third kappa shape index (κ3) is 3.75. The van der Waals surface area contributed by atoms with E-state index in [0.29, 0.717) is 11.6 Å². The monoisotopic (exact) mass is 417 g/mol. The minimum atomic E-state index is -0.0651. The second-order valence-electron chi connectivity index (χ2n) is 7.99. The maximum atomic E-state index is 12.5. The number of nitrogens with one attached hydrogen (secondary N) is 1. The van der Waals surface area contributed by atoms with Crippen molar-refractivity contribution in [1.82, 2.24) is 4.98 Å². The summed E-state index contributed by atoms with van der Waals surface area (Å²) in [6.07, 6.45) is 3.27. The fourth-order valence-electron chi connectivity index (χ4n) is 3.99. The van der Waals surface area contributed by atoms with E-state index in [4.69, 9.17) is 0 Å². The van der Waals surface area contributed by atoms with E-state index in [2.05, 4.69) is 16.4 Å². The molecule has 2 heterocycles. The van der Waals surface area contributed by atoms with Gasteiger partial charge in [0.05, 0.1) is 12.1 Å². The van der Waals surface area contributed by atoms with Crippen molar-refractivity contribution in [2.24, 2.45) is 5.92 Å². The molecule has 0 bridgehead atoms.